The van der Waals surface area contributed by atoms with Crippen molar-refractivity contribution in [3.05, 3.63) is 23.5 Å². The zero-order valence-corrected chi connectivity index (χ0v) is 11.8. The van der Waals surface area contributed by atoms with Crippen LogP contribution in [0, 0.1) is 5.92 Å². The van der Waals surface area contributed by atoms with Gasteiger partial charge >= 0.3 is 6.18 Å². The number of piperidine rings is 1. The van der Waals surface area contributed by atoms with Crippen LogP contribution in [0.25, 0.3) is 0 Å². The van der Waals surface area contributed by atoms with Crippen molar-refractivity contribution in [2.24, 2.45) is 5.92 Å². The van der Waals surface area contributed by atoms with Crippen molar-refractivity contribution in [2.45, 2.75) is 23.9 Å². The van der Waals surface area contributed by atoms with E-state index in [1.807, 2.05) is 0 Å². The highest BCUT2D eigenvalue weighted by atomic mass is 35.5. The highest BCUT2D eigenvalue weighted by Gasteiger charge is 2.44. The summed E-state index contributed by atoms with van der Waals surface area (Å²) >= 11 is 5.79. The Kier molecular flexibility index (Phi) is 4.27. The molecular weight excluding hydrogens is 317 g/mol. The molecule has 0 aromatic carbocycles. The van der Waals surface area contributed by atoms with Gasteiger partial charge in [-0.1, -0.05) is 11.6 Å². The Morgan fingerprint density at radius 1 is 1.40 bits per heavy atom. The second kappa shape index (κ2) is 5.50. The minimum absolute atomic E-state index is 0.0471. The number of rotatable bonds is 2. The Bertz CT molecular complexity index is 592. The average Bonchev–Trinajstić information content (AvgIpc) is 2.38. The standard InChI is InChI=1S/C11H12ClF3N2O2S/c12-9-3-4-16-6-10(9)20(18,19)17-5-1-2-8(7-17)11(13,14)15/h3-4,6,8H,1-2,5,7H2. The number of alkyl halides is 3. The van der Waals surface area contributed by atoms with Crippen LogP contribution < -0.4 is 0 Å². The van der Waals surface area contributed by atoms with Crippen molar-refractivity contribution in [2.75, 3.05) is 13.1 Å². The van der Waals surface area contributed by atoms with E-state index in [1.165, 1.54) is 12.3 Å². The number of hydrogen-bond acceptors (Lipinski definition) is 3. The molecule has 2 rings (SSSR count). The second-order valence-electron chi connectivity index (χ2n) is 4.55. The summed E-state index contributed by atoms with van der Waals surface area (Å²) < 4.78 is 63.6. The molecule has 1 fully saturated rings. The van der Waals surface area contributed by atoms with Gasteiger partial charge in [-0.05, 0) is 18.9 Å². The summed E-state index contributed by atoms with van der Waals surface area (Å²) in [5, 5.41) is -0.0471. The minimum atomic E-state index is -4.40. The van der Waals surface area contributed by atoms with Gasteiger partial charge in [-0.2, -0.15) is 17.5 Å². The van der Waals surface area contributed by atoms with Crippen molar-refractivity contribution in [1.82, 2.24) is 9.29 Å². The van der Waals surface area contributed by atoms with Crippen LogP contribution in [0.4, 0.5) is 13.2 Å². The minimum Gasteiger partial charge on any atom is -0.263 e. The van der Waals surface area contributed by atoms with Gasteiger partial charge in [0, 0.05) is 25.5 Å². The summed E-state index contributed by atoms with van der Waals surface area (Å²) in [4.78, 5) is 3.40. The van der Waals surface area contributed by atoms with Crippen LogP contribution in [-0.4, -0.2) is 37.0 Å². The molecule has 4 nitrogen and oxygen atoms in total. The molecule has 1 unspecified atom stereocenters. The van der Waals surface area contributed by atoms with Crippen LogP contribution in [0.2, 0.25) is 5.02 Å². The molecule has 1 aromatic rings. The number of pyridine rings is 1. The molecule has 1 aliphatic heterocycles. The van der Waals surface area contributed by atoms with Crippen molar-refractivity contribution in [3.63, 3.8) is 0 Å². The molecule has 1 atom stereocenters. The molecule has 0 spiro atoms. The lowest BCUT2D eigenvalue weighted by Gasteiger charge is -2.32. The first-order chi connectivity index (χ1) is 9.23. The monoisotopic (exact) mass is 328 g/mol. The summed E-state index contributed by atoms with van der Waals surface area (Å²) in [6, 6.07) is 1.29. The predicted molar refractivity (Wildman–Crippen MR) is 66.8 cm³/mol. The maximum atomic E-state index is 12.7. The number of sulfonamides is 1. The average molecular weight is 329 g/mol. The lowest BCUT2D eigenvalue weighted by atomic mass is 9.99. The normalized spacial score (nSPS) is 21.9. The zero-order valence-electron chi connectivity index (χ0n) is 10.3. The summed E-state index contributed by atoms with van der Waals surface area (Å²) in [5.41, 5.74) is 0. The van der Waals surface area contributed by atoms with Gasteiger partial charge < -0.3 is 0 Å². The molecular formula is C11H12ClF3N2O2S. The molecule has 112 valence electrons. The van der Waals surface area contributed by atoms with Gasteiger partial charge in [0.1, 0.15) is 4.90 Å². The number of nitrogens with zero attached hydrogens (tertiary/aromatic N) is 2. The van der Waals surface area contributed by atoms with E-state index in [0.717, 1.165) is 10.5 Å². The second-order valence-corrected chi connectivity index (χ2v) is 6.86. The van der Waals surface area contributed by atoms with E-state index >= 15 is 0 Å². The maximum absolute atomic E-state index is 12.7. The quantitative estimate of drug-likeness (QED) is 0.838. The SMILES string of the molecule is O=S(=O)(c1cnccc1Cl)N1CCCC(C(F)(F)F)C1. The van der Waals surface area contributed by atoms with Crippen molar-refractivity contribution >= 4 is 21.6 Å². The van der Waals surface area contributed by atoms with E-state index in [9.17, 15) is 21.6 Å². The van der Waals surface area contributed by atoms with Crippen LogP contribution in [0.1, 0.15) is 12.8 Å². The highest BCUT2D eigenvalue weighted by molar-refractivity contribution is 7.89. The van der Waals surface area contributed by atoms with Gasteiger partial charge in [-0.15, -0.1) is 0 Å². The van der Waals surface area contributed by atoms with Crippen LogP contribution in [0.15, 0.2) is 23.4 Å². The third kappa shape index (κ3) is 3.07. The topological polar surface area (TPSA) is 50.3 Å². The number of aromatic nitrogens is 1. The first kappa shape index (κ1) is 15.5. The summed E-state index contributed by atoms with van der Waals surface area (Å²) in [5.74, 6) is -1.64. The van der Waals surface area contributed by atoms with Crippen molar-refractivity contribution < 1.29 is 21.6 Å². The Morgan fingerprint density at radius 2 is 2.10 bits per heavy atom. The number of halogens is 4. The molecule has 0 radical (unpaired) electrons. The lowest BCUT2D eigenvalue weighted by Crippen LogP contribution is -2.44. The molecule has 1 aliphatic rings. The van der Waals surface area contributed by atoms with Crippen LogP contribution in [0.5, 0.6) is 0 Å². The van der Waals surface area contributed by atoms with Gasteiger partial charge in [0.25, 0.3) is 0 Å². The van der Waals surface area contributed by atoms with Crippen LogP contribution in [-0.2, 0) is 10.0 Å². The Hall–Kier alpha value is -0.860. The highest BCUT2D eigenvalue weighted by Crippen LogP contribution is 2.35. The van der Waals surface area contributed by atoms with E-state index in [-0.39, 0.29) is 29.3 Å². The number of hydrogen-bond donors (Lipinski definition) is 0. The molecule has 20 heavy (non-hydrogen) atoms. The maximum Gasteiger partial charge on any atom is 0.393 e. The predicted octanol–water partition coefficient (Wildman–Crippen LogP) is 2.70. The fourth-order valence-corrected chi connectivity index (χ4v) is 4.05. The molecule has 0 amide bonds. The Morgan fingerprint density at radius 3 is 2.70 bits per heavy atom. The Balaban J connectivity index is 2.29. The molecule has 1 saturated heterocycles. The van der Waals surface area contributed by atoms with E-state index in [4.69, 9.17) is 11.6 Å². The van der Waals surface area contributed by atoms with Crippen molar-refractivity contribution in [1.29, 1.82) is 0 Å². The molecule has 0 saturated carbocycles. The first-order valence-electron chi connectivity index (χ1n) is 5.89. The molecule has 9 heteroatoms. The third-order valence-electron chi connectivity index (χ3n) is 3.20. The van der Waals surface area contributed by atoms with E-state index in [2.05, 4.69) is 4.98 Å². The van der Waals surface area contributed by atoms with E-state index in [0.29, 0.717) is 0 Å². The van der Waals surface area contributed by atoms with Gasteiger partial charge in [-0.25, -0.2) is 8.42 Å². The Labute approximate surface area is 119 Å². The van der Waals surface area contributed by atoms with E-state index in [1.54, 1.807) is 0 Å². The van der Waals surface area contributed by atoms with Crippen LogP contribution in [0.3, 0.4) is 0 Å². The van der Waals surface area contributed by atoms with Gasteiger partial charge in [0.15, 0.2) is 0 Å². The fourth-order valence-electron chi connectivity index (χ4n) is 2.12. The summed E-state index contributed by atoms with van der Waals surface area (Å²) in [7, 11) is -4.05. The smallest absolute Gasteiger partial charge is 0.263 e. The van der Waals surface area contributed by atoms with Gasteiger partial charge in [0.2, 0.25) is 10.0 Å². The van der Waals surface area contributed by atoms with E-state index < -0.39 is 28.7 Å². The molecule has 1 aromatic heterocycles. The third-order valence-corrected chi connectivity index (χ3v) is 5.53. The van der Waals surface area contributed by atoms with Crippen molar-refractivity contribution in [3.8, 4) is 0 Å². The lowest BCUT2D eigenvalue weighted by molar-refractivity contribution is -0.182. The van der Waals surface area contributed by atoms with Gasteiger partial charge in [0.05, 0.1) is 10.9 Å². The molecule has 2 heterocycles. The zero-order chi connectivity index (χ0) is 15.0. The molecule has 0 aliphatic carbocycles. The van der Waals surface area contributed by atoms with Crippen LogP contribution >= 0.6 is 11.6 Å². The fraction of sp³-hybridized carbons (Fsp3) is 0.545. The van der Waals surface area contributed by atoms with Gasteiger partial charge in [-0.3, -0.25) is 4.98 Å². The summed E-state index contributed by atoms with van der Waals surface area (Å²) in [6.07, 6.45) is -1.92. The first-order valence-corrected chi connectivity index (χ1v) is 7.71. The largest absolute Gasteiger partial charge is 0.393 e. The summed E-state index contributed by atoms with van der Waals surface area (Å²) in [6.45, 7) is -0.517. The molecule has 0 N–H and O–H groups in total. The molecule has 0 bridgehead atoms.